The van der Waals surface area contributed by atoms with Gasteiger partial charge in [0.1, 0.15) is 5.60 Å². The van der Waals surface area contributed by atoms with Crippen molar-refractivity contribution < 1.29 is 32.2 Å². The molecule has 1 amide bonds. The van der Waals surface area contributed by atoms with Gasteiger partial charge < -0.3 is 9.47 Å². The number of ether oxygens (including phenoxy) is 2. The molecule has 8 heteroatoms. The molecule has 0 aliphatic carbocycles. The Morgan fingerprint density at radius 1 is 1.18 bits per heavy atom. The number of carbonyl (C=O) groups is 2. The monoisotopic (exact) mass is 257 g/mol. The molecule has 1 atom stereocenters. The predicted octanol–water partition coefficient (Wildman–Crippen LogP) is 1.61. The largest absolute Gasteiger partial charge is 0.467 e. The maximum absolute atomic E-state index is 12.4. The molecule has 0 saturated carbocycles. The molecule has 0 spiro atoms. The lowest BCUT2D eigenvalue weighted by Crippen LogP contribution is -2.52. The number of esters is 1. The molecular formula is C9H14F3NO4. The zero-order valence-corrected chi connectivity index (χ0v) is 9.84. The van der Waals surface area contributed by atoms with Crippen molar-refractivity contribution in [1.29, 1.82) is 0 Å². The summed E-state index contributed by atoms with van der Waals surface area (Å²) in [5.41, 5.74) is -0.962. The fraction of sp³-hybridized carbons (Fsp3) is 0.778. The second-order valence-corrected chi connectivity index (χ2v) is 4.14. The Bertz CT molecular complexity index is 296. The lowest BCUT2D eigenvalue weighted by molar-refractivity contribution is -0.181. The fourth-order valence-corrected chi connectivity index (χ4v) is 0.818. The van der Waals surface area contributed by atoms with Gasteiger partial charge in [-0.2, -0.15) is 13.2 Å². The van der Waals surface area contributed by atoms with Gasteiger partial charge in [0.15, 0.2) is 0 Å². The number of halogens is 3. The van der Waals surface area contributed by atoms with E-state index >= 15 is 0 Å². The molecule has 0 unspecified atom stereocenters. The summed E-state index contributed by atoms with van der Waals surface area (Å²) in [6, 6.07) is -2.73. The smallest absolute Gasteiger partial charge is 0.419 e. The van der Waals surface area contributed by atoms with E-state index in [1.165, 1.54) is 26.1 Å². The highest BCUT2D eigenvalue weighted by atomic mass is 19.4. The quantitative estimate of drug-likeness (QED) is 0.763. The number of hydrogen-bond acceptors (Lipinski definition) is 4. The summed E-state index contributed by atoms with van der Waals surface area (Å²) in [5, 5.41) is 1.40. The van der Waals surface area contributed by atoms with Gasteiger partial charge in [-0.15, -0.1) is 0 Å². The van der Waals surface area contributed by atoms with E-state index in [0.29, 0.717) is 0 Å². The molecule has 0 aliphatic heterocycles. The summed E-state index contributed by atoms with van der Waals surface area (Å²) in [6.45, 7) is 4.44. The van der Waals surface area contributed by atoms with E-state index in [-0.39, 0.29) is 0 Å². The first-order chi connectivity index (χ1) is 7.47. The number of amides is 1. The number of alkyl halides is 3. The van der Waals surface area contributed by atoms with Gasteiger partial charge in [-0.3, -0.25) is 5.32 Å². The molecule has 0 aromatic heterocycles. The Morgan fingerprint density at radius 2 is 1.65 bits per heavy atom. The van der Waals surface area contributed by atoms with Crippen molar-refractivity contribution in [2.24, 2.45) is 0 Å². The zero-order chi connectivity index (χ0) is 13.9. The van der Waals surface area contributed by atoms with Crippen LogP contribution in [0, 0.1) is 0 Å². The third-order valence-electron chi connectivity index (χ3n) is 1.43. The topological polar surface area (TPSA) is 64.6 Å². The van der Waals surface area contributed by atoms with E-state index in [9.17, 15) is 22.8 Å². The van der Waals surface area contributed by atoms with Crippen molar-refractivity contribution in [3.05, 3.63) is 0 Å². The summed E-state index contributed by atoms with van der Waals surface area (Å²) in [5.74, 6) is -1.61. The Hall–Kier alpha value is -1.47. The van der Waals surface area contributed by atoms with Crippen molar-refractivity contribution in [3.63, 3.8) is 0 Å². The average Bonchev–Trinajstić information content (AvgIpc) is 2.08. The minimum Gasteiger partial charge on any atom is -0.467 e. The number of methoxy groups -OCH3 is 1. The SMILES string of the molecule is COC(=O)[C@H](NC(=O)OC(C)(C)C)C(F)(F)F. The molecule has 0 saturated heterocycles. The number of alkyl carbamates (subject to hydrolysis) is 1. The van der Waals surface area contributed by atoms with E-state index < -0.39 is 29.9 Å². The highest BCUT2D eigenvalue weighted by molar-refractivity contribution is 5.82. The molecule has 0 aromatic rings. The molecule has 1 N–H and O–H groups in total. The first kappa shape index (κ1) is 15.5. The minimum atomic E-state index is -4.94. The number of rotatable bonds is 2. The van der Waals surface area contributed by atoms with Gasteiger partial charge >= 0.3 is 18.2 Å². The van der Waals surface area contributed by atoms with Crippen molar-refractivity contribution in [3.8, 4) is 0 Å². The molecule has 0 fully saturated rings. The van der Waals surface area contributed by atoms with Gasteiger partial charge in [-0.05, 0) is 20.8 Å². The van der Waals surface area contributed by atoms with Gasteiger partial charge in [0, 0.05) is 0 Å². The van der Waals surface area contributed by atoms with Crippen LogP contribution < -0.4 is 5.32 Å². The number of carbonyl (C=O) groups excluding carboxylic acids is 2. The van der Waals surface area contributed by atoms with Crippen LogP contribution in [-0.4, -0.2) is 37.0 Å². The molecule has 0 rings (SSSR count). The van der Waals surface area contributed by atoms with Gasteiger partial charge in [-0.1, -0.05) is 0 Å². The fourth-order valence-electron chi connectivity index (χ4n) is 0.818. The molecule has 5 nitrogen and oxygen atoms in total. The van der Waals surface area contributed by atoms with E-state index in [4.69, 9.17) is 0 Å². The lowest BCUT2D eigenvalue weighted by Gasteiger charge is -2.23. The maximum atomic E-state index is 12.4. The molecule has 17 heavy (non-hydrogen) atoms. The summed E-state index contributed by atoms with van der Waals surface area (Å²) in [6.07, 6.45) is -6.28. The van der Waals surface area contributed by atoms with Crippen LogP contribution >= 0.6 is 0 Å². The maximum Gasteiger partial charge on any atom is 0.419 e. The Kier molecular flexibility index (Phi) is 4.79. The van der Waals surface area contributed by atoms with Crippen LogP contribution in [0.15, 0.2) is 0 Å². The Morgan fingerprint density at radius 3 is 1.94 bits per heavy atom. The number of nitrogens with one attached hydrogen (secondary N) is 1. The van der Waals surface area contributed by atoms with E-state index in [2.05, 4.69) is 9.47 Å². The summed E-state index contributed by atoms with van der Waals surface area (Å²) in [4.78, 5) is 21.9. The van der Waals surface area contributed by atoms with Crippen molar-refractivity contribution >= 4 is 12.1 Å². The highest BCUT2D eigenvalue weighted by Gasteiger charge is 2.47. The van der Waals surface area contributed by atoms with E-state index in [1.54, 1.807) is 0 Å². The van der Waals surface area contributed by atoms with Crippen molar-refractivity contribution in [1.82, 2.24) is 5.32 Å². The molecular weight excluding hydrogens is 243 g/mol. The first-order valence-corrected chi connectivity index (χ1v) is 4.61. The first-order valence-electron chi connectivity index (χ1n) is 4.61. The van der Waals surface area contributed by atoms with Gasteiger partial charge in [-0.25, -0.2) is 9.59 Å². The molecule has 100 valence electrons. The molecule has 0 bridgehead atoms. The standard InChI is InChI=1S/C9H14F3NO4/c1-8(2,3)17-7(15)13-5(6(14)16-4)9(10,11)12/h5H,1-4H3,(H,13,15)/t5-/m0/s1. The van der Waals surface area contributed by atoms with Crippen LogP contribution in [0.3, 0.4) is 0 Å². The van der Waals surface area contributed by atoms with Crippen molar-refractivity contribution in [2.75, 3.05) is 7.11 Å². The predicted molar refractivity (Wildman–Crippen MR) is 51.2 cm³/mol. The Balaban J connectivity index is 4.67. The van der Waals surface area contributed by atoms with Gasteiger partial charge in [0.25, 0.3) is 0 Å². The summed E-state index contributed by atoms with van der Waals surface area (Å²) < 4.78 is 45.7. The third-order valence-corrected chi connectivity index (χ3v) is 1.43. The molecule has 0 aliphatic rings. The van der Waals surface area contributed by atoms with Crippen molar-refractivity contribution in [2.45, 2.75) is 38.6 Å². The van der Waals surface area contributed by atoms with Crippen LogP contribution in [0.2, 0.25) is 0 Å². The summed E-state index contributed by atoms with van der Waals surface area (Å²) in [7, 11) is 0.790. The van der Waals surface area contributed by atoms with Crippen LogP contribution in [0.4, 0.5) is 18.0 Å². The normalized spacial score (nSPS) is 13.8. The van der Waals surface area contributed by atoms with Crippen LogP contribution in [0.1, 0.15) is 20.8 Å². The summed E-state index contributed by atoms with van der Waals surface area (Å²) >= 11 is 0. The zero-order valence-electron chi connectivity index (χ0n) is 9.84. The Labute approximate surface area is 96.3 Å². The second-order valence-electron chi connectivity index (χ2n) is 4.14. The van der Waals surface area contributed by atoms with Crippen LogP contribution in [0.5, 0.6) is 0 Å². The van der Waals surface area contributed by atoms with E-state index in [1.807, 2.05) is 0 Å². The van der Waals surface area contributed by atoms with Gasteiger partial charge in [0.2, 0.25) is 6.04 Å². The van der Waals surface area contributed by atoms with Crippen LogP contribution in [0.25, 0.3) is 0 Å². The molecule has 0 aromatic carbocycles. The molecule has 0 radical (unpaired) electrons. The van der Waals surface area contributed by atoms with Crippen LogP contribution in [-0.2, 0) is 14.3 Å². The number of hydrogen-bond donors (Lipinski definition) is 1. The highest BCUT2D eigenvalue weighted by Crippen LogP contribution is 2.21. The lowest BCUT2D eigenvalue weighted by atomic mass is 10.2. The van der Waals surface area contributed by atoms with Gasteiger partial charge in [0.05, 0.1) is 7.11 Å². The molecule has 0 heterocycles. The third kappa shape index (κ3) is 5.98. The van der Waals surface area contributed by atoms with E-state index in [0.717, 1.165) is 7.11 Å². The average molecular weight is 257 g/mol. The second kappa shape index (κ2) is 5.24. The minimum absolute atomic E-state index is 0.790.